The van der Waals surface area contributed by atoms with Gasteiger partial charge in [-0.1, -0.05) is 38.5 Å². The fourth-order valence-corrected chi connectivity index (χ4v) is 5.08. The molecule has 39 heavy (non-hydrogen) atoms. The number of rotatable bonds is 12. The van der Waals surface area contributed by atoms with Crippen LogP contribution in [0.2, 0.25) is 0 Å². The van der Waals surface area contributed by atoms with Gasteiger partial charge < -0.3 is 25.1 Å². The van der Waals surface area contributed by atoms with Crippen LogP contribution in [-0.4, -0.2) is 61.6 Å². The normalized spacial score (nSPS) is 19.6. The molecular formula is C28H35FN4O6. The first-order chi connectivity index (χ1) is 18.8. The van der Waals surface area contributed by atoms with E-state index < -0.39 is 36.6 Å². The number of hydrogen-bond donors (Lipinski definition) is 3. The van der Waals surface area contributed by atoms with Gasteiger partial charge in [0.25, 0.3) is 0 Å². The summed E-state index contributed by atoms with van der Waals surface area (Å²) in [4.78, 5) is 54.3. The van der Waals surface area contributed by atoms with E-state index in [4.69, 9.17) is 9.15 Å². The Hall–Kier alpha value is -3.73. The second-order valence-corrected chi connectivity index (χ2v) is 9.92. The Labute approximate surface area is 226 Å². The van der Waals surface area contributed by atoms with Crippen molar-refractivity contribution in [2.45, 2.75) is 64.2 Å². The van der Waals surface area contributed by atoms with Gasteiger partial charge in [-0.3, -0.25) is 24.1 Å². The number of nitrogens with zero attached hydrogens (tertiary/aromatic N) is 1. The molecule has 0 saturated carbocycles. The number of halogens is 1. The molecule has 2 aromatic rings. The van der Waals surface area contributed by atoms with Gasteiger partial charge in [-0.25, -0.2) is 4.39 Å². The Balaban J connectivity index is 1.50. The number of carbonyl (C=O) groups excluding carboxylic acids is 4. The maximum Gasteiger partial charge on any atom is 0.250 e. The van der Waals surface area contributed by atoms with E-state index >= 15 is 0 Å². The summed E-state index contributed by atoms with van der Waals surface area (Å²) >= 11 is 0. The van der Waals surface area contributed by atoms with Gasteiger partial charge in [0, 0.05) is 6.42 Å². The number of anilines is 1. The van der Waals surface area contributed by atoms with Crippen LogP contribution in [0.25, 0.3) is 0 Å². The number of hydrogen-bond acceptors (Lipinski definition) is 6. The molecule has 0 spiro atoms. The molecule has 3 heterocycles. The molecule has 1 aromatic carbocycles. The molecular weight excluding hydrogens is 507 g/mol. The molecule has 10 nitrogen and oxygen atoms in total. The van der Waals surface area contributed by atoms with Gasteiger partial charge in [-0.2, -0.15) is 0 Å². The van der Waals surface area contributed by atoms with Gasteiger partial charge >= 0.3 is 0 Å². The molecule has 0 fully saturated rings. The van der Waals surface area contributed by atoms with Crippen LogP contribution in [-0.2, 0) is 43.3 Å². The molecule has 0 saturated heterocycles. The summed E-state index contributed by atoms with van der Waals surface area (Å²) in [5, 5.41) is 8.35. The number of carbonyl (C=O) groups is 4. The summed E-state index contributed by atoms with van der Waals surface area (Å²) < 4.78 is 22.6. The first kappa shape index (κ1) is 28.3. The molecule has 4 amide bonds. The molecule has 4 atom stereocenters. The molecule has 2 aliphatic rings. The number of alkyl halides is 1. The quantitative estimate of drug-likeness (QED) is 0.351. The molecule has 0 bridgehead atoms. The van der Waals surface area contributed by atoms with Crippen LogP contribution >= 0.6 is 0 Å². The van der Waals surface area contributed by atoms with Gasteiger partial charge in [-0.05, 0) is 42.0 Å². The Kier molecular flexibility index (Phi) is 9.34. The number of ether oxygens (including phenoxy) is 1. The van der Waals surface area contributed by atoms with Crippen LogP contribution in [0.5, 0.6) is 0 Å². The van der Waals surface area contributed by atoms with E-state index in [1.165, 1.54) is 11.2 Å². The lowest BCUT2D eigenvalue weighted by Gasteiger charge is -2.29. The van der Waals surface area contributed by atoms with Crippen molar-refractivity contribution in [2.75, 3.05) is 24.8 Å². The van der Waals surface area contributed by atoms with Crippen molar-refractivity contribution in [3.8, 4) is 0 Å². The minimum Gasteiger partial charge on any atom is -0.467 e. The minimum absolute atomic E-state index is 0.194. The summed E-state index contributed by atoms with van der Waals surface area (Å²) in [5.74, 6) is -1.35. The predicted molar refractivity (Wildman–Crippen MR) is 140 cm³/mol. The molecule has 2 aliphatic heterocycles. The highest BCUT2D eigenvalue weighted by Gasteiger charge is 2.44. The first-order valence-electron chi connectivity index (χ1n) is 13.3. The zero-order chi connectivity index (χ0) is 27.9. The maximum atomic E-state index is 13.9. The van der Waals surface area contributed by atoms with E-state index in [1.54, 1.807) is 12.1 Å². The third kappa shape index (κ3) is 6.47. The average Bonchev–Trinajstić information content (AvgIpc) is 3.57. The monoisotopic (exact) mass is 542 g/mol. The number of benzene rings is 1. The second kappa shape index (κ2) is 12.9. The van der Waals surface area contributed by atoms with E-state index in [1.807, 2.05) is 32.0 Å². The van der Waals surface area contributed by atoms with Crippen LogP contribution in [0, 0.1) is 5.92 Å². The molecule has 4 rings (SSSR count). The highest BCUT2D eigenvalue weighted by atomic mass is 19.1. The van der Waals surface area contributed by atoms with Crippen molar-refractivity contribution >= 4 is 29.3 Å². The Morgan fingerprint density at radius 3 is 2.72 bits per heavy atom. The topological polar surface area (TPSA) is 130 Å². The van der Waals surface area contributed by atoms with Crippen molar-refractivity contribution in [3.05, 3.63) is 53.5 Å². The Morgan fingerprint density at radius 1 is 1.21 bits per heavy atom. The summed E-state index contributed by atoms with van der Waals surface area (Å²) in [7, 11) is 0. The van der Waals surface area contributed by atoms with Crippen molar-refractivity contribution in [2.24, 2.45) is 5.92 Å². The number of furan rings is 1. The van der Waals surface area contributed by atoms with E-state index in [9.17, 15) is 23.6 Å². The molecule has 1 aromatic heterocycles. The molecule has 0 radical (unpaired) electrons. The minimum atomic E-state index is -0.906. The molecule has 210 valence electrons. The van der Waals surface area contributed by atoms with Gasteiger partial charge in [0.2, 0.25) is 23.6 Å². The summed E-state index contributed by atoms with van der Waals surface area (Å²) in [6.45, 7) is 2.62. The fourth-order valence-electron chi connectivity index (χ4n) is 5.08. The highest BCUT2D eigenvalue weighted by molar-refractivity contribution is 6.08. The molecule has 11 heteroatoms. The molecule has 0 unspecified atom stereocenters. The maximum absolute atomic E-state index is 13.9. The van der Waals surface area contributed by atoms with Crippen LogP contribution in [0.4, 0.5) is 10.1 Å². The van der Waals surface area contributed by atoms with Gasteiger partial charge in [0.15, 0.2) is 0 Å². The standard InChI is InChI=1S/C28H35FN4O6/c1-3-17(2)24(32-23(34)16-38-13-11-29)27(36)31-21-10-9-18-6-4-7-19-14-22(33(25(18)19)28(21)37)26(35)30-15-20-8-5-12-39-20/h4-8,12,17,21-22,24H,3,9-11,13-16H2,1-2H3,(H,30,35)(H,31,36)(H,32,34)/t17-,21-,22-,24-/m0/s1. The SMILES string of the molecule is CC[C@H](C)[C@H](NC(=O)COCCF)C(=O)N[C@H]1CCc2cccc3c2N(C1=O)[C@H](C(=O)NCc1ccco1)C3. The number of amides is 4. The lowest BCUT2D eigenvalue weighted by Crippen LogP contribution is -2.58. The van der Waals surface area contributed by atoms with Crippen molar-refractivity contribution < 1.29 is 32.7 Å². The average molecular weight is 543 g/mol. The smallest absolute Gasteiger partial charge is 0.250 e. The lowest BCUT2D eigenvalue weighted by atomic mass is 9.97. The zero-order valence-corrected chi connectivity index (χ0v) is 22.2. The lowest BCUT2D eigenvalue weighted by molar-refractivity contribution is -0.134. The van der Waals surface area contributed by atoms with E-state index in [2.05, 4.69) is 16.0 Å². The number of para-hydroxylation sites is 1. The summed E-state index contributed by atoms with van der Waals surface area (Å²) in [6, 6.07) is 6.70. The van der Waals surface area contributed by atoms with E-state index in [0.29, 0.717) is 31.4 Å². The van der Waals surface area contributed by atoms with Crippen LogP contribution in [0.15, 0.2) is 41.0 Å². The second-order valence-electron chi connectivity index (χ2n) is 9.92. The van der Waals surface area contributed by atoms with Crippen molar-refractivity contribution in [1.82, 2.24) is 16.0 Å². The van der Waals surface area contributed by atoms with E-state index in [0.717, 1.165) is 16.8 Å². The zero-order valence-electron chi connectivity index (χ0n) is 22.2. The van der Waals surface area contributed by atoms with Crippen molar-refractivity contribution in [3.63, 3.8) is 0 Å². The Bertz CT molecular complexity index is 1190. The Morgan fingerprint density at radius 2 is 2.00 bits per heavy atom. The van der Waals surface area contributed by atoms with Gasteiger partial charge in [0.05, 0.1) is 25.1 Å². The fraction of sp³-hybridized carbons (Fsp3) is 0.500. The van der Waals surface area contributed by atoms with E-state index in [-0.39, 0.29) is 37.5 Å². The van der Waals surface area contributed by atoms with Gasteiger partial charge in [-0.15, -0.1) is 0 Å². The molecule has 0 aliphatic carbocycles. The summed E-state index contributed by atoms with van der Waals surface area (Å²) in [5.41, 5.74) is 2.58. The van der Waals surface area contributed by atoms with Crippen LogP contribution in [0.3, 0.4) is 0 Å². The third-order valence-electron chi connectivity index (χ3n) is 7.31. The van der Waals surface area contributed by atoms with Crippen molar-refractivity contribution in [1.29, 1.82) is 0 Å². The van der Waals surface area contributed by atoms with Gasteiger partial charge in [0.1, 0.15) is 37.2 Å². The largest absolute Gasteiger partial charge is 0.467 e. The van der Waals surface area contributed by atoms with Crippen LogP contribution in [0.1, 0.15) is 43.6 Å². The van der Waals surface area contributed by atoms with Crippen LogP contribution < -0.4 is 20.9 Å². The third-order valence-corrected chi connectivity index (χ3v) is 7.31. The number of aryl methyl sites for hydroxylation is 1. The predicted octanol–water partition coefficient (Wildman–Crippen LogP) is 1.80. The molecule has 3 N–H and O–H groups in total. The number of nitrogens with one attached hydrogen (secondary N) is 3. The highest BCUT2D eigenvalue weighted by Crippen LogP contribution is 2.39. The first-order valence-corrected chi connectivity index (χ1v) is 13.3. The summed E-state index contributed by atoms with van der Waals surface area (Å²) in [6.07, 6.45) is 3.37.